The Morgan fingerprint density at radius 1 is 0.943 bits per heavy atom. The van der Waals surface area contributed by atoms with Crippen LogP contribution in [0.1, 0.15) is 47.1 Å². The molecular weight excluding hydrogens is 526 g/mol. The molecular formula is C27H28BrN3O3S. The maximum absolute atomic E-state index is 12.9. The SMILES string of the molecule is CC(C)(C)NC(=O)c1ccc(NC(=S)NC(=O)c2cc(Br)ccc2OCCc2ccccc2)cc1. The summed E-state index contributed by atoms with van der Waals surface area (Å²) in [6, 6.07) is 22.1. The van der Waals surface area contributed by atoms with E-state index in [-0.39, 0.29) is 22.5 Å². The van der Waals surface area contributed by atoms with E-state index in [0.717, 1.165) is 16.5 Å². The van der Waals surface area contributed by atoms with Crippen molar-refractivity contribution in [3.05, 3.63) is 94.0 Å². The van der Waals surface area contributed by atoms with E-state index in [2.05, 4.69) is 31.9 Å². The van der Waals surface area contributed by atoms with E-state index < -0.39 is 0 Å². The lowest BCUT2D eigenvalue weighted by Crippen LogP contribution is -2.40. The van der Waals surface area contributed by atoms with Gasteiger partial charge in [-0.15, -0.1) is 0 Å². The highest BCUT2D eigenvalue weighted by molar-refractivity contribution is 9.10. The van der Waals surface area contributed by atoms with Crippen LogP contribution in [-0.4, -0.2) is 29.1 Å². The van der Waals surface area contributed by atoms with Gasteiger partial charge in [-0.25, -0.2) is 0 Å². The molecule has 3 N–H and O–H groups in total. The highest BCUT2D eigenvalue weighted by Gasteiger charge is 2.17. The van der Waals surface area contributed by atoms with Gasteiger partial charge in [-0.3, -0.25) is 14.9 Å². The first-order valence-electron chi connectivity index (χ1n) is 11.1. The fraction of sp³-hybridized carbons (Fsp3) is 0.222. The molecule has 0 saturated heterocycles. The van der Waals surface area contributed by atoms with Crippen LogP contribution < -0.4 is 20.7 Å². The third-order valence-corrected chi connectivity index (χ3v) is 5.50. The number of hydrogen-bond acceptors (Lipinski definition) is 4. The molecule has 0 fully saturated rings. The molecule has 0 atom stereocenters. The van der Waals surface area contributed by atoms with Gasteiger partial charge in [0.2, 0.25) is 0 Å². The molecule has 0 heterocycles. The van der Waals surface area contributed by atoms with Crippen LogP contribution in [0.25, 0.3) is 0 Å². The molecule has 3 aromatic rings. The quantitative estimate of drug-likeness (QED) is 0.326. The molecule has 0 radical (unpaired) electrons. The van der Waals surface area contributed by atoms with Gasteiger partial charge in [0, 0.05) is 27.7 Å². The van der Waals surface area contributed by atoms with Crippen LogP contribution in [0.2, 0.25) is 0 Å². The number of benzene rings is 3. The summed E-state index contributed by atoms with van der Waals surface area (Å²) in [6.07, 6.45) is 0.724. The molecule has 0 aliphatic carbocycles. The maximum Gasteiger partial charge on any atom is 0.261 e. The number of carbonyl (C=O) groups excluding carboxylic acids is 2. The Labute approximate surface area is 219 Å². The van der Waals surface area contributed by atoms with Crippen LogP contribution in [0.5, 0.6) is 5.75 Å². The molecule has 3 rings (SSSR count). The lowest BCUT2D eigenvalue weighted by molar-refractivity contribution is 0.0918. The molecule has 0 saturated carbocycles. The van der Waals surface area contributed by atoms with Crippen molar-refractivity contribution in [3.8, 4) is 5.75 Å². The smallest absolute Gasteiger partial charge is 0.261 e. The van der Waals surface area contributed by atoms with Gasteiger partial charge in [-0.2, -0.15) is 0 Å². The van der Waals surface area contributed by atoms with Crippen LogP contribution in [-0.2, 0) is 6.42 Å². The molecule has 2 amide bonds. The Balaban J connectivity index is 1.59. The van der Waals surface area contributed by atoms with Crippen LogP contribution in [0.4, 0.5) is 5.69 Å². The molecule has 35 heavy (non-hydrogen) atoms. The molecule has 6 nitrogen and oxygen atoms in total. The van der Waals surface area contributed by atoms with Crippen molar-refractivity contribution in [1.82, 2.24) is 10.6 Å². The topological polar surface area (TPSA) is 79.5 Å². The summed E-state index contributed by atoms with van der Waals surface area (Å²) in [5.74, 6) is -0.0762. The molecule has 182 valence electrons. The summed E-state index contributed by atoms with van der Waals surface area (Å²) >= 11 is 8.73. The predicted octanol–water partition coefficient (Wildman–Crippen LogP) is 5.73. The van der Waals surface area contributed by atoms with E-state index in [1.165, 1.54) is 0 Å². The van der Waals surface area contributed by atoms with Crippen molar-refractivity contribution in [2.45, 2.75) is 32.7 Å². The number of nitrogens with one attached hydrogen (secondary N) is 3. The van der Waals surface area contributed by atoms with Crippen molar-refractivity contribution in [3.63, 3.8) is 0 Å². The zero-order valence-electron chi connectivity index (χ0n) is 19.9. The second-order valence-electron chi connectivity index (χ2n) is 8.91. The van der Waals surface area contributed by atoms with E-state index >= 15 is 0 Å². The van der Waals surface area contributed by atoms with Crippen LogP contribution in [0.3, 0.4) is 0 Å². The average Bonchev–Trinajstić information content (AvgIpc) is 2.80. The average molecular weight is 555 g/mol. The summed E-state index contributed by atoms with van der Waals surface area (Å²) in [5.41, 5.74) is 2.38. The number of amides is 2. The minimum Gasteiger partial charge on any atom is -0.492 e. The van der Waals surface area contributed by atoms with E-state index in [9.17, 15) is 9.59 Å². The van der Waals surface area contributed by atoms with Gasteiger partial charge in [0.25, 0.3) is 11.8 Å². The molecule has 0 unspecified atom stereocenters. The van der Waals surface area contributed by atoms with E-state index in [1.807, 2.05) is 57.2 Å². The summed E-state index contributed by atoms with van der Waals surface area (Å²) in [6.45, 7) is 6.21. The highest BCUT2D eigenvalue weighted by Crippen LogP contribution is 2.24. The molecule has 0 bridgehead atoms. The Kier molecular flexibility index (Phi) is 9.01. The molecule has 3 aromatic carbocycles. The standard InChI is InChI=1S/C27H28BrN3O3S/c1-27(2,3)31-24(32)19-9-12-21(13-10-19)29-26(35)30-25(33)22-17-20(28)11-14-23(22)34-16-15-18-7-5-4-6-8-18/h4-14,17H,15-16H2,1-3H3,(H,31,32)(H2,29,30,33,35). The maximum atomic E-state index is 12.9. The molecule has 0 aromatic heterocycles. The normalized spacial score (nSPS) is 10.9. The van der Waals surface area contributed by atoms with Crippen LogP contribution >= 0.6 is 28.1 Å². The van der Waals surface area contributed by atoms with Crippen LogP contribution in [0.15, 0.2) is 77.3 Å². The Hall–Kier alpha value is -3.23. The number of anilines is 1. The number of ether oxygens (including phenoxy) is 1. The van der Waals surface area contributed by atoms with E-state index in [0.29, 0.717) is 29.2 Å². The second kappa shape index (κ2) is 12.0. The minimum atomic E-state index is -0.389. The second-order valence-corrected chi connectivity index (χ2v) is 10.2. The Morgan fingerprint density at radius 3 is 2.29 bits per heavy atom. The Morgan fingerprint density at radius 2 is 1.63 bits per heavy atom. The van der Waals surface area contributed by atoms with Crippen LogP contribution in [0, 0.1) is 0 Å². The highest BCUT2D eigenvalue weighted by atomic mass is 79.9. The molecule has 8 heteroatoms. The van der Waals surface area contributed by atoms with Gasteiger partial charge < -0.3 is 15.4 Å². The predicted molar refractivity (Wildman–Crippen MR) is 147 cm³/mol. The first-order chi connectivity index (χ1) is 16.6. The third-order valence-electron chi connectivity index (χ3n) is 4.80. The van der Waals surface area contributed by atoms with Crippen molar-refractivity contribution in [1.29, 1.82) is 0 Å². The van der Waals surface area contributed by atoms with Crippen molar-refractivity contribution in [2.24, 2.45) is 0 Å². The molecule has 0 aliphatic heterocycles. The summed E-state index contributed by atoms with van der Waals surface area (Å²) in [5, 5.41) is 8.71. The van der Waals surface area contributed by atoms with Gasteiger partial charge in [-0.1, -0.05) is 46.3 Å². The van der Waals surface area contributed by atoms with Gasteiger partial charge in [0.1, 0.15) is 5.75 Å². The fourth-order valence-electron chi connectivity index (χ4n) is 3.18. The third kappa shape index (κ3) is 8.49. The fourth-order valence-corrected chi connectivity index (χ4v) is 3.75. The van der Waals surface area contributed by atoms with Gasteiger partial charge in [-0.05, 0) is 81.0 Å². The van der Waals surface area contributed by atoms with Gasteiger partial charge in [0.15, 0.2) is 5.11 Å². The van der Waals surface area contributed by atoms with E-state index in [1.54, 1.807) is 36.4 Å². The number of hydrogen-bond donors (Lipinski definition) is 3. The van der Waals surface area contributed by atoms with Crippen molar-refractivity contribution < 1.29 is 14.3 Å². The lowest BCUT2D eigenvalue weighted by atomic mass is 10.1. The summed E-state index contributed by atoms with van der Waals surface area (Å²) < 4.78 is 6.65. The first kappa shape index (κ1) is 26.4. The number of thiocarbonyl (C=S) groups is 1. The largest absolute Gasteiger partial charge is 0.492 e. The number of halogens is 1. The zero-order chi connectivity index (χ0) is 25.4. The van der Waals surface area contributed by atoms with Crippen molar-refractivity contribution >= 4 is 50.8 Å². The summed E-state index contributed by atoms with van der Waals surface area (Å²) in [4.78, 5) is 25.2. The molecule has 0 aliphatic rings. The lowest BCUT2D eigenvalue weighted by Gasteiger charge is -2.20. The first-order valence-corrected chi connectivity index (χ1v) is 12.3. The number of carbonyl (C=O) groups is 2. The molecule has 0 spiro atoms. The van der Waals surface area contributed by atoms with Crippen molar-refractivity contribution in [2.75, 3.05) is 11.9 Å². The monoisotopic (exact) mass is 553 g/mol. The minimum absolute atomic E-state index is 0.136. The van der Waals surface area contributed by atoms with E-state index in [4.69, 9.17) is 17.0 Å². The zero-order valence-corrected chi connectivity index (χ0v) is 22.3. The van der Waals surface area contributed by atoms with Gasteiger partial charge in [0.05, 0.1) is 12.2 Å². The van der Waals surface area contributed by atoms with Gasteiger partial charge >= 0.3 is 0 Å². The Bertz CT molecular complexity index is 1190. The number of rotatable bonds is 7. The summed E-state index contributed by atoms with van der Waals surface area (Å²) in [7, 11) is 0.